The van der Waals surface area contributed by atoms with E-state index in [0.717, 1.165) is 22.8 Å². The number of rotatable bonds is 5. The van der Waals surface area contributed by atoms with Gasteiger partial charge in [0.1, 0.15) is 11.5 Å². The average Bonchev–Trinajstić information content (AvgIpc) is 3.19. The van der Waals surface area contributed by atoms with Gasteiger partial charge in [0, 0.05) is 18.2 Å². The number of ether oxygens (including phenoxy) is 2. The lowest BCUT2D eigenvalue weighted by Crippen LogP contribution is -2.08. The van der Waals surface area contributed by atoms with E-state index in [0.29, 0.717) is 5.56 Å². The molecule has 0 unspecified atom stereocenters. The summed E-state index contributed by atoms with van der Waals surface area (Å²) in [6, 6.07) is 27.4. The Morgan fingerprint density at radius 1 is 0.857 bits per heavy atom. The van der Waals surface area contributed by atoms with Crippen LogP contribution in [-0.4, -0.2) is 16.7 Å². The molecule has 0 spiro atoms. The molecule has 4 aromatic carbocycles. The second-order valence-electron chi connectivity index (χ2n) is 7.78. The Balaban J connectivity index is 1.32. The molecule has 0 atom stereocenters. The van der Waals surface area contributed by atoms with Gasteiger partial charge in [-0.25, -0.2) is 4.79 Å². The largest absolute Gasteiger partial charge is 0.452 e. The number of nitro groups is 1. The Morgan fingerprint density at radius 3 is 2.34 bits per heavy atom. The van der Waals surface area contributed by atoms with Gasteiger partial charge in [-0.1, -0.05) is 60.7 Å². The van der Waals surface area contributed by atoms with Crippen molar-refractivity contribution in [1.82, 2.24) is 0 Å². The summed E-state index contributed by atoms with van der Waals surface area (Å²) in [5, 5.41) is 10.9. The first-order valence-electron chi connectivity index (χ1n) is 10.7. The van der Waals surface area contributed by atoms with Crippen molar-refractivity contribution in [2.45, 2.75) is 0 Å². The predicted molar refractivity (Wildman–Crippen MR) is 129 cm³/mol. The standard InChI is InChI=1S/C28H17NO6/c30-27-24-14-13-23(34-28(31)21-7-4-8-22(16-21)29(32)33)17-25(24)35-26(27)15-18-9-11-20(12-10-18)19-5-2-1-3-6-19/h1-17H/b26-15-. The van der Waals surface area contributed by atoms with Crippen molar-refractivity contribution in [3.63, 3.8) is 0 Å². The molecule has 0 N–H and O–H groups in total. The third-order valence-corrected chi connectivity index (χ3v) is 5.46. The van der Waals surface area contributed by atoms with Gasteiger partial charge in [0.05, 0.1) is 16.1 Å². The third-order valence-electron chi connectivity index (χ3n) is 5.46. The molecule has 7 heteroatoms. The number of hydrogen-bond donors (Lipinski definition) is 0. The van der Waals surface area contributed by atoms with Crippen LogP contribution in [0.25, 0.3) is 17.2 Å². The van der Waals surface area contributed by atoms with Crippen LogP contribution >= 0.6 is 0 Å². The molecule has 0 amide bonds. The summed E-state index contributed by atoms with van der Waals surface area (Å²) < 4.78 is 11.1. The van der Waals surface area contributed by atoms with Gasteiger partial charge in [0.15, 0.2) is 5.76 Å². The molecule has 7 nitrogen and oxygen atoms in total. The third kappa shape index (κ3) is 4.56. The minimum Gasteiger partial charge on any atom is -0.452 e. The number of esters is 1. The van der Waals surface area contributed by atoms with Gasteiger partial charge < -0.3 is 9.47 Å². The van der Waals surface area contributed by atoms with Crippen molar-refractivity contribution in [3.05, 3.63) is 130 Å². The van der Waals surface area contributed by atoms with Crippen LogP contribution in [0.3, 0.4) is 0 Å². The maximum atomic E-state index is 12.8. The zero-order chi connectivity index (χ0) is 24.4. The van der Waals surface area contributed by atoms with E-state index in [9.17, 15) is 19.7 Å². The summed E-state index contributed by atoms with van der Waals surface area (Å²) in [4.78, 5) is 35.6. The van der Waals surface area contributed by atoms with E-state index in [2.05, 4.69) is 0 Å². The van der Waals surface area contributed by atoms with Crippen molar-refractivity contribution < 1.29 is 24.0 Å². The van der Waals surface area contributed by atoms with Crippen LogP contribution in [0, 0.1) is 10.1 Å². The molecular weight excluding hydrogens is 446 g/mol. The maximum absolute atomic E-state index is 12.8. The number of nitrogens with zero attached hydrogens (tertiary/aromatic N) is 1. The number of fused-ring (bicyclic) bond motifs is 1. The van der Waals surface area contributed by atoms with Crippen LogP contribution in [0.4, 0.5) is 5.69 Å². The zero-order valence-corrected chi connectivity index (χ0v) is 18.2. The van der Waals surface area contributed by atoms with Crippen LogP contribution in [0.2, 0.25) is 0 Å². The van der Waals surface area contributed by atoms with Gasteiger partial charge in [0.2, 0.25) is 5.78 Å². The lowest BCUT2D eigenvalue weighted by molar-refractivity contribution is -0.384. The number of Topliss-reactive ketones (excluding diaryl/α,β-unsaturated/α-hetero) is 1. The van der Waals surface area contributed by atoms with Gasteiger partial charge in [-0.3, -0.25) is 14.9 Å². The lowest BCUT2D eigenvalue weighted by atomic mass is 10.0. The van der Waals surface area contributed by atoms with E-state index in [-0.39, 0.29) is 34.3 Å². The highest BCUT2D eigenvalue weighted by molar-refractivity contribution is 6.14. The van der Waals surface area contributed by atoms with Gasteiger partial charge in [-0.15, -0.1) is 0 Å². The van der Waals surface area contributed by atoms with Crippen LogP contribution in [0.5, 0.6) is 11.5 Å². The SMILES string of the molecule is O=C(Oc1ccc2c(c1)O/C(=C\c1ccc(-c3ccccc3)cc1)C2=O)c1cccc([N+](=O)[O-])c1. The summed E-state index contributed by atoms with van der Waals surface area (Å²) in [5.41, 5.74) is 3.14. The summed E-state index contributed by atoms with van der Waals surface area (Å²) in [6.07, 6.45) is 1.66. The van der Waals surface area contributed by atoms with Gasteiger partial charge in [-0.05, 0) is 41.0 Å². The Morgan fingerprint density at radius 2 is 1.60 bits per heavy atom. The molecule has 1 aliphatic rings. The molecule has 5 rings (SSSR count). The molecule has 0 aromatic heterocycles. The molecule has 0 fully saturated rings. The van der Waals surface area contributed by atoms with Gasteiger partial charge >= 0.3 is 5.97 Å². The first kappa shape index (κ1) is 21.8. The number of ketones is 1. The number of benzene rings is 4. The molecule has 1 heterocycles. The highest BCUT2D eigenvalue weighted by Gasteiger charge is 2.28. The Labute approximate surface area is 200 Å². The Kier molecular flexibility index (Phi) is 5.65. The average molecular weight is 463 g/mol. The van der Waals surface area contributed by atoms with Crippen molar-refractivity contribution in [1.29, 1.82) is 0 Å². The van der Waals surface area contributed by atoms with Crippen molar-refractivity contribution >= 4 is 23.5 Å². The molecule has 0 bridgehead atoms. The van der Waals surface area contributed by atoms with Crippen LogP contribution in [0.15, 0.2) is 103 Å². The molecule has 0 saturated heterocycles. The Bertz CT molecular complexity index is 1490. The van der Waals surface area contributed by atoms with Gasteiger partial charge in [-0.2, -0.15) is 0 Å². The predicted octanol–water partition coefficient (Wildman–Crippen LogP) is 6.10. The second kappa shape index (κ2) is 9.07. The first-order chi connectivity index (χ1) is 17.0. The molecule has 0 aliphatic carbocycles. The van der Waals surface area contributed by atoms with E-state index in [1.54, 1.807) is 6.08 Å². The Hall–Kier alpha value is -5.04. The topological polar surface area (TPSA) is 95.7 Å². The fraction of sp³-hybridized carbons (Fsp3) is 0. The molecule has 170 valence electrons. The minimum absolute atomic E-state index is 0.0382. The number of carbonyl (C=O) groups excluding carboxylic acids is 2. The van der Waals surface area contributed by atoms with Crippen molar-refractivity contribution in [2.24, 2.45) is 0 Å². The molecule has 0 radical (unpaired) electrons. The summed E-state index contributed by atoms with van der Waals surface area (Å²) in [5.74, 6) is -0.446. The summed E-state index contributed by atoms with van der Waals surface area (Å²) in [7, 11) is 0. The van der Waals surface area contributed by atoms with Gasteiger partial charge in [0.25, 0.3) is 5.69 Å². The van der Waals surface area contributed by atoms with E-state index >= 15 is 0 Å². The maximum Gasteiger partial charge on any atom is 0.343 e. The fourth-order valence-electron chi connectivity index (χ4n) is 3.70. The van der Waals surface area contributed by atoms with E-state index in [1.807, 2.05) is 54.6 Å². The first-order valence-corrected chi connectivity index (χ1v) is 10.7. The highest BCUT2D eigenvalue weighted by atomic mass is 16.6. The summed E-state index contributed by atoms with van der Waals surface area (Å²) in [6.45, 7) is 0. The molecular formula is C28H17NO6. The molecule has 1 aliphatic heterocycles. The number of carbonyl (C=O) groups is 2. The normalized spacial score (nSPS) is 13.3. The zero-order valence-electron chi connectivity index (χ0n) is 18.2. The number of hydrogen-bond acceptors (Lipinski definition) is 6. The summed E-state index contributed by atoms with van der Waals surface area (Å²) >= 11 is 0. The highest BCUT2D eigenvalue weighted by Crippen LogP contribution is 2.35. The number of non-ortho nitro benzene ring substituents is 1. The number of allylic oxidation sites excluding steroid dienone is 1. The van der Waals surface area contributed by atoms with E-state index in [1.165, 1.54) is 36.4 Å². The quantitative estimate of drug-likeness (QED) is 0.117. The van der Waals surface area contributed by atoms with Crippen LogP contribution in [-0.2, 0) is 0 Å². The van der Waals surface area contributed by atoms with Crippen LogP contribution in [0.1, 0.15) is 26.3 Å². The molecule has 35 heavy (non-hydrogen) atoms. The minimum atomic E-state index is -0.757. The number of nitro benzene ring substituents is 1. The lowest BCUT2D eigenvalue weighted by Gasteiger charge is -2.06. The van der Waals surface area contributed by atoms with E-state index < -0.39 is 10.9 Å². The molecule has 0 saturated carbocycles. The fourth-order valence-corrected chi connectivity index (χ4v) is 3.70. The van der Waals surface area contributed by atoms with E-state index in [4.69, 9.17) is 9.47 Å². The smallest absolute Gasteiger partial charge is 0.343 e. The van der Waals surface area contributed by atoms with Crippen molar-refractivity contribution in [2.75, 3.05) is 0 Å². The second-order valence-corrected chi connectivity index (χ2v) is 7.78. The van der Waals surface area contributed by atoms with Crippen molar-refractivity contribution in [3.8, 4) is 22.6 Å². The monoisotopic (exact) mass is 463 g/mol. The molecule has 4 aromatic rings. The van der Waals surface area contributed by atoms with Crippen LogP contribution < -0.4 is 9.47 Å².